The van der Waals surface area contributed by atoms with E-state index >= 15 is 0 Å². The van der Waals surface area contributed by atoms with Gasteiger partial charge in [-0.3, -0.25) is 58.0 Å². The lowest BCUT2D eigenvalue weighted by atomic mass is 9.90. The van der Waals surface area contributed by atoms with Gasteiger partial charge in [-0.05, 0) is 174 Å². The summed E-state index contributed by atoms with van der Waals surface area (Å²) in [7, 11) is -4.75. The topological polar surface area (TPSA) is 398 Å². The summed E-state index contributed by atoms with van der Waals surface area (Å²) >= 11 is 12.6. The van der Waals surface area contributed by atoms with E-state index in [1.807, 2.05) is 0 Å². The normalized spacial score (nSPS) is 15.5. The van der Waals surface area contributed by atoms with Crippen molar-refractivity contribution in [2.24, 2.45) is 23.3 Å². The van der Waals surface area contributed by atoms with Gasteiger partial charge in [0.15, 0.2) is 0 Å². The number of alkyl halides is 2. The fourth-order valence-corrected chi connectivity index (χ4v) is 16.2. The number of nitrogens with two attached hydrogens (primary N) is 2. The van der Waals surface area contributed by atoms with Gasteiger partial charge in [-0.1, -0.05) is 86.3 Å². The SMILES string of the molecule is CC(=O)NC(Cc1ccc(OP(=O)(OCc2ccc([N+](=O)[O-])o2)N(C)CCCCCl)cc1)C(=O)NC(C)c1ccc(OCC2CCCCC2)c(C(N)=O)c1.CC(=O)NC(Cc1ccc(OP(=O)(OCc2ccc([N+](=O)[O-])s2)N(C)CCCCCl)cc1)C(=O)NC(C)c1ccc(OCC2CCCCC2)c(C(N)=O)c1. The molecule has 0 spiro atoms. The van der Waals surface area contributed by atoms with Gasteiger partial charge in [0.2, 0.25) is 23.6 Å². The molecular weight excluding hydrogens is 1500 g/mol. The summed E-state index contributed by atoms with van der Waals surface area (Å²) in [6, 6.07) is 25.6. The molecule has 34 heteroatoms. The maximum atomic E-state index is 14.0. The van der Waals surface area contributed by atoms with Crippen LogP contribution in [0.25, 0.3) is 0 Å². The van der Waals surface area contributed by atoms with Gasteiger partial charge in [-0.15, -0.1) is 23.2 Å². The van der Waals surface area contributed by atoms with Crippen LogP contribution in [0.2, 0.25) is 0 Å². The van der Waals surface area contributed by atoms with Gasteiger partial charge >= 0.3 is 26.4 Å². The van der Waals surface area contributed by atoms with E-state index in [9.17, 15) is 58.1 Å². The van der Waals surface area contributed by atoms with Crippen molar-refractivity contribution in [1.82, 2.24) is 30.6 Å². The quantitative estimate of drug-likeness (QED) is 0.00681. The molecule has 2 fully saturated rings. The van der Waals surface area contributed by atoms with Crippen LogP contribution in [0.1, 0.15) is 183 Å². The van der Waals surface area contributed by atoms with Crippen LogP contribution < -0.4 is 51.3 Å². The summed E-state index contributed by atoms with van der Waals surface area (Å²) in [5, 5.41) is 33.3. The summed E-state index contributed by atoms with van der Waals surface area (Å²) in [6.07, 6.45) is 14.4. The molecular formula is C74H98Cl2N10O19P2S. The number of rotatable bonds is 42. The number of furan rings is 1. The first-order valence-electron chi connectivity index (χ1n) is 35.9. The molecule has 29 nitrogen and oxygen atoms in total. The molecule has 2 heterocycles. The molecule has 8 rings (SSSR count). The van der Waals surface area contributed by atoms with Crippen LogP contribution in [0.5, 0.6) is 23.0 Å². The summed E-state index contributed by atoms with van der Waals surface area (Å²) in [6.45, 7) is 7.36. The summed E-state index contributed by atoms with van der Waals surface area (Å²) in [5.74, 6) is -0.364. The van der Waals surface area contributed by atoms with E-state index in [0.717, 1.165) is 37.0 Å². The standard InChI is InChI=1S/C37H49ClN5O10P.C37H49ClN5O9PS/c1-25(29-13-17-34(32(22-29)36(39)45)50-23-28-9-5-4-6-10-28)40-37(46)33(41-26(2)44)21-27-11-14-30(15-12-27)53-54(49,42(3)20-8-7-19-38)51-24-31-16-18-35(52-31)43(47)48;1-25(29-13-17-34(32(22-29)36(39)45)50-23-28-9-5-4-6-10-28)40-37(46)33(41-26(2)44)21-27-11-14-30(15-12-27)52-53(49,42(3)20-8-7-19-38)51-24-31-16-18-35(54-31)43(47)48/h2*11-18,22,25,28,33H,4-10,19-21,23-24H2,1-3H3,(H2,39,45)(H,40,46)(H,41,44). The number of halogens is 2. The van der Waals surface area contributed by atoms with Gasteiger partial charge in [0.1, 0.15) is 52.4 Å². The van der Waals surface area contributed by atoms with Crippen molar-refractivity contribution >= 4 is 96.4 Å². The highest BCUT2D eigenvalue weighted by Crippen LogP contribution is 2.53. The number of nitrogens with zero attached hydrogens (tertiary/aromatic N) is 4. The molecule has 0 bridgehead atoms. The number of hydrogen-bond acceptors (Lipinski definition) is 20. The van der Waals surface area contributed by atoms with E-state index in [1.54, 1.807) is 119 Å². The minimum absolute atomic E-state index is 0.0580. The van der Waals surface area contributed by atoms with Crippen LogP contribution in [-0.2, 0) is 63.4 Å². The third-order valence-electron chi connectivity index (χ3n) is 18.2. The van der Waals surface area contributed by atoms with Gasteiger partial charge in [0, 0.05) is 62.5 Å². The monoisotopic (exact) mass is 1590 g/mol. The highest BCUT2D eigenvalue weighted by atomic mass is 35.5. The molecule has 6 amide bonds. The number of thiophene rings is 1. The lowest BCUT2D eigenvalue weighted by Crippen LogP contribution is -2.48. The Hall–Kier alpha value is -8.44. The van der Waals surface area contributed by atoms with Gasteiger partial charge in [-0.25, -0.2) is 18.5 Å². The third-order valence-corrected chi connectivity index (χ3v) is 23.6. The summed E-state index contributed by atoms with van der Waals surface area (Å²) in [5.41, 5.74) is 14.5. The van der Waals surface area contributed by atoms with Gasteiger partial charge in [-0.2, -0.15) is 0 Å². The number of amides is 6. The van der Waals surface area contributed by atoms with E-state index in [4.69, 9.17) is 66.7 Å². The van der Waals surface area contributed by atoms with Crippen LogP contribution in [0.15, 0.2) is 114 Å². The largest absolute Gasteiger partial charge is 0.492 e. The third kappa shape index (κ3) is 27.6. The summed E-state index contributed by atoms with van der Waals surface area (Å²) in [4.78, 5) is 97.5. The minimum atomic E-state index is -4.00. The Kier molecular flexibility index (Phi) is 34.6. The van der Waals surface area contributed by atoms with Crippen molar-refractivity contribution in [3.63, 3.8) is 0 Å². The van der Waals surface area contributed by atoms with Crippen molar-refractivity contribution < 1.29 is 79.7 Å². The Morgan fingerprint density at radius 1 is 0.574 bits per heavy atom. The Bertz CT molecular complexity index is 3830. The van der Waals surface area contributed by atoms with Crippen LogP contribution in [0, 0.1) is 32.1 Å². The molecule has 6 unspecified atom stereocenters. The van der Waals surface area contributed by atoms with Crippen molar-refractivity contribution in [3.8, 4) is 23.0 Å². The van der Waals surface area contributed by atoms with Gasteiger partial charge in [0.05, 0.1) is 54.0 Å². The second-order valence-electron chi connectivity index (χ2n) is 26.7. The van der Waals surface area contributed by atoms with E-state index < -0.39 is 90.8 Å². The average molecular weight is 1600 g/mol. The Labute approximate surface area is 642 Å². The number of carbonyl (C=O) groups excluding carboxylic acids is 6. The molecule has 2 aliphatic rings. The molecule has 0 aliphatic heterocycles. The zero-order valence-electron chi connectivity index (χ0n) is 61.6. The first-order valence-corrected chi connectivity index (χ1v) is 40.8. The smallest absolute Gasteiger partial charge is 0.461 e. The Morgan fingerprint density at radius 3 is 1.37 bits per heavy atom. The predicted octanol–water partition coefficient (Wildman–Crippen LogP) is 14.1. The number of benzene rings is 4. The van der Waals surface area contributed by atoms with Crippen molar-refractivity contribution in [1.29, 1.82) is 0 Å². The fourth-order valence-electron chi connectivity index (χ4n) is 12.1. The van der Waals surface area contributed by atoms with Crippen LogP contribution >= 0.6 is 50.0 Å². The first kappa shape index (κ1) is 86.8. The number of hydrogen-bond donors (Lipinski definition) is 6. The zero-order valence-corrected chi connectivity index (χ0v) is 65.7. The lowest BCUT2D eigenvalue weighted by molar-refractivity contribution is -0.402. The van der Waals surface area contributed by atoms with E-state index in [1.165, 1.54) is 79.9 Å². The first-order chi connectivity index (χ1) is 51.5. The van der Waals surface area contributed by atoms with Crippen molar-refractivity contribution in [3.05, 3.63) is 173 Å². The second-order valence-corrected chi connectivity index (χ2v) is 32.8. The second kappa shape index (κ2) is 43.1. The number of ether oxygens (including phenoxy) is 2. The van der Waals surface area contributed by atoms with Gasteiger partial charge < -0.3 is 55.7 Å². The molecule has 2 saturated carbocycles. The summed E-state index contributed by atoms with van der Waals surface area (Å²) < 4.78 is 71.4. The molecule has 8 N–H and O–H groups in total. The number of carbonyl (C=O) groups is 6. The molecule has 0 radical (unpaired) electrons. The van der Waals surface area contributed by atoms with E-state index in [2.05, 4.69) is 21.3 Å². The Balaban J connectivity index is 0.000000301. The van der Waals surface area contributed by atoms with Crippen molar-refractivity contribution in [2.45, 2.75) is 168 Å². The number of unbranched alkanes of at least 4 members (excludes halogenated alkanes) is 2. The maximum absolute atomic E-state index is 14.0. The highest BCUT2D eigenvalue weighted by Gasteiger charge is 2.36. The maximum Gasteiger partial charge on any atom is 0.461 e. The molecule has 588 valence electrons. The molecule has 4 aromatic carbocycles. The number of nitrogens with one attached hydrogen (secondary N) is 4. The highest BCUT2D eigenvalue weighted by molar-refractivity contribution is 7.52. The molecule has 2 aromatic heterocycles. The Morgan fingerprint density at radius 2 is 1.00 bits per heavy atom. The number of nitro groups is 2. The lowest BCUT2D eigenvalue weighted by Gasteiger charge is -2.27. The number of primary amides is 2. The average Bonchev–Trinajstić information content (AvgIpc) is 1.53. The van der Waals surface area contributed by atoms with Crippen LogP contribution in [0.3, 0.4) is 0 Å². The van der Waals surface area contributed by atoms with Crippen LogP contribution in [-0.4, -0.2) is 119 Å². The fraction of sp³-hybridized carbons (Fsp3) is 0.486. The molecule has 108 heavy (non-hydrogen) atoms. The zero-order chi connectivity index (χ0) is 78.5. The molecule has 6 atom stereocenters. The molecule has 2 aliphatic carbocycles. The molecule has 6 aromatic rings. The molecule has 0 saturated heterocycles. The van der Waals surface area contributed by atoms with Crippen LogP contribution in [0.4, 0.5) is 10.9 Å². The minimum Gasteiger partial charge on any atom is -0.492 e. The predicted molar refractivity (Wildman–Crippen MR) is 410 cm³/mol. The van der Waals surface area contributed by atoms with E-state index in [0.29, 0.717) is 114 Å². The van der Waals surface area contributed by atoms with Crippen molar-refractivity contribution in [2.75, 3.05) is 52.2 Å². The van der Waals surface area contributed by atoms with Gasteiger partial charge in [0.25, 0.3) is 11.8 Å². The van der Waals surface area contributed by atoms with E-state index in [-0.39, 0.29) is 59.4 Å².